The third-order valence-electron chi connectivity index (χ3n) is 6.24. The third kappa shape index (κ3) is 3.21. The fraction of sp³-hybridized carbons (Fsp3) is 0.0357. The fourth-order valence-electron chi connectivity index (χ4n) is 4.63. The molecule has 6 rings (SSSR count). The summed E-state index contributed by atoms with van der Waals surface area (Å²) < 4.78 is 0. The van der Waals surface area contributed by atoms with Gasteiger partial charge in [0.2, 0.25) is 5.78 Å². The van der Waals surface area contributed by atoms with Crippen LogP contribution in [0.4, 0.5) is 5.82 Å². The van der Waals surface area contributed by atoms with Crippen molar-refractivity contribution in [2.75, 3.05) is 5.32 Å². The molecule has 2 N–H and O–H groups in total. The smallest absolute Gasteiger partial charge is 0.210 e. The zero-order valence-electron chi connectivity index (χ0n) is 17.9. The van der Waals surface area contributed by atoms with E-state index < -0.39 is 5.92 Å². The van der Waals surface area contributed by atoms with Crippen LogP contribution in [0.5, 0.6) is 0 Å². The monoisotopic (exact) mass is 463 g/mol. The number of nitrogens with one attached hydrogen (secondary N) is 2. The first-order valence-electron chi connectivity index (χ1n) is 10.9. The number of H-pyrrole nitrogens is 1. The van der Waals surface area contributed by atoms with E-state index >= 15 is 0 Å². The molecule has 0 bridgehead atoms. The molecule has 4 aromatic rings. The van der Waals surface area contributed by atoms with Gasteiger partial charge in [0.1, 0.15) is 0 Å². The van der Waals surface area contributed by atoms with E-state index in [0.29, 0.717) is 27.5 Å². The number of nitrogens with zero attached hydrogens (tertiary/aromatic N) is 1. The highest BCUT2D eigenvalue weighted by molar-refractivity contribution is 6.30. The van der Waals surface area contributed by atoms with Crippen molar-refractivity contribution in [1.29, 1.82) is 0 Å². The Morgan fingerprint density at radius 1 is 0.824 bits per heavy atom. The number of benzene rings is 3. The molecule has 0 amide bonds. The van der Waals surface area contributed by atoms with E-state index in [0.717, 1.165) is 22.4 Å². The lowest BCUT2D eigenvalue weighted by Gasteiger charge is -2.30. The number of allylic oxidation sites excluding steroid dienone is 3. The highest BCUT2D eigenvalue weighted by atomic mass is 35.5. The van der Waals surface area contributed by atoms with Crippen LogP contribution in [0, 0.1) is 0 Å². The quantitative estimate of drug-likeness (QED) is 0.374. The van der Waals surface area contributed by atoms with Crippen molar-refractivity contribution < 1.29 is 9.59 Å². The molecule has 5 nitrogen and oxygen atoms in total. The largest absolute Gasteiger partial charge is 0.335 e. The van der Waals surface area contributed by atoms with Crippen molar-refractivity contribution in [2.45, 2.75) is 5.92 Å². The Hall–Kier alpha value is -4.22. The van der Waals surface area contributed by atoms with Gasteiger partial charge in [-0.3, -0.25) is 14.7 Å². The van der Waals surface area contributed by atoms with Crippen LogP contribution in [0.1, 0.15) is 37.8 Å². The molecule has 0 spiro atoms. The van der Waals surface area contributed by atoms with Crippen LogP contribution in [-0.2, 0) is 0 Å². The lowest BCUT2D eigenvalue weighted by atomic mass is 9.76. The molecule has 1 aliphatic carbocycles. The number of anilines is 1. The molecule has 3 aromatic carbocycles. The van der Waals surface area contributed by atoms with Crippen molar-refractivity contribution in [2.24, 2.45) is 0 Å². The number of hydrogen-bond acceptors (Lipinski definition) is 4. The second-order valence-corrected chi connectivity index (χ2v) is 8.67. The summed E-state index contributed by atoms with van der Waals surface area (Å²) in [5.41, 5.74) is 5.06. The van der Waals surface area contributed by atoms with Gasteiger partial charge in [0, 0.05) is 33.2 Å². The first-order chi connectivity index (χ1) is 16.6. The minimum Gasteiger partial charge on any atom is -0.335 e. The zero-order valence-corrected chi connectivity index (χ0v) is 18.6. The molecule has 164 valence electrons. The summed E-state index contributed by atoms with van der Waals surface area (Å²) in [5.74, 6) is -0.288. The second kappa shape index (κ2) is 7.97. The van der Waals surface area contributed by atoms with Crippen LogP contribution in [0.15, 0.2) is 96.2 Å². The number of carbonyl (C=O) groups is 2. The lowest BCUT2D eigenvalue weighted by molar-refractivity contribution is 0.0971. The van der Waals surface area contributed by atoms with E-state index in [2.05, 4.69) is 15.5 Å². The minimum atomic E-state index is -0.472. The van der Waals surface area contributed by atoms with Crippen LogP contribution < -0.4 is 5.32 Å². The van der Waals surface area contributed by atoms with E-state index in [1.165, 1.54) is 0 Å². The van der Waals surface area contributed by atoms with Gasteiger partial charge in [-0.05, 0) is 23.3 Å². The number of hydrogen-bond donors (Lipinski definition) is 2. The number of carbonyl (C=O) groups excluding carboxylic acids is 2. The Kier molecular flexibility index (Phi) is 4.78. The number of rotatable bonds is 3. The van der Waals surface area contributed by atoms with Gasteiger partial charge in [-0.1, -0.05) is 90.5 Å². The molecule has 0 radical (unpaired) electrons. The molecule has 0 saturated carbocycles. The summed E-state index contributed by atoms with van der Waals surface area (Å²) in [5, 5.41) is 11.4. The molecule has 2 heterocycles. The third-order valence-corrected chi connectivity index (χ3v) is 6.49. The Morgan fingerprint density at radius 3 is 2.24 bits per heavy atom. The Labute approximate surface area is 200 Å². The van der Waals surface area contributed by atoms with Crippen molar-refractivity contribution in [3.63, 3.8) is 0 Å². The number of aromatic amines is 1. The SMILES string of the molecule is O=C1C2=C(C(=O)c3ccccc31)C(/C=C/c1ccc(Cl)cc1)c1c(n[nH]c1-c1ccccc1)N2. The molecule has 34 heavy (non-hydrogen) atoms. The van der Waals surface area contributed by atoms with Gasteiger partial charge in [0.25, 0.3) is 0 Å². The van der Waals surface area contributed by atoms with Crippen LogP contribution in [0.2, 0.25) is 5.02 Å². The number of halogens is 1. The van der Waals surface area contributed by atoms with Crippen molar-refractivity contribution in [3.8, 4) is 11.3 Å². The average Bonchev–Trinajstić information content (AvgIpc) is 3.31. The predicted molar refractivity (Wildman–Crippen MR) is 133 cm³/mol. The summed E-state index contributed by atoms with van der Waals surface area (Å²) >= 11 is 6.04. The highest BCUT2D eigenvalue weighted by Gasteiger charge is 2.41. The lowest BCUT2D eigenvalue weighted by Crippen LogP contribution is -2.31. The molecular formula is C28H18ClN3O2. The molecule has 1 atom stereocenters. The molecule has 2 aliphatic rings. The van der Waals surface area contributed by atoms with Crippen LogP contribution >= 0.6 is 11.6 Å². The van der Waals surface area contributed by atoms with Crippen molar-refractivity contribution in [1.82, 2.24) is 10.2 Å². The maximum absolute atomic E-state index is 13.7. The summed E-state index contributed by atoms with van der Waals surface area (Å²) in [6, 6.07) is 24.2. The van der Waals surface area contributed by atoms with Crippen LogP contribution in [-0.4, -0.2) is 21.8 Å². The van der Waals surface area contributed by atoms with Crippen LogP contribution in [0.3, 0.4) is 0 Å². The zero-order chi connectivity index (χ0) is 23.2. The van der Waals surface area contributed by atoms with E-state index in [9.17, 15) is 9.59 Å². The molecule has 0 saturated heterocycles. The highest BCUT2D eigenvalue weighted by Crippen LogP contribution is 2.46. The first kappa shape index (κ1) is 20.4. The summed E-state index contributed by atoms with van der Waals surface area (Å²) in [7, 11) is 0. The first-order valence-corrected chi connectivity index (χ1v) is 11.3. The molecule has 0 fully saturated rings. The standard InChI is InChI=1S/C28H18ClN3O2/c29-18-13-10-16(11-14-18)12-15-21-22-25(27(34)20-9-5-4-8-19(20)26(22)33)30-28-23(21)24(31-32-28)17-6-2-1-3-7-17/h1-15,21H,(H2,30,31,32)/b15-12+. The number of Topliss-reactive ketones (excluding diaryl/α,β-unsaturated/α-hetero) is 2. The minimum absolute atomic E-state index is 0.158. The fourth-order valence-corrected chi connectivity index (χ4v) is 4.75. The molecule has 6 heteroatoms. The second-order valence-electron chi connectivity index (χ2n) is 8.23. The van der Waals surface area contributed by atoms with Gasteiger partial charge < -0.3 is 5.32 Å². The van der Waals surface area contributed by atoms with Gasteiger partial charge in [0.05, 0.1) is 11.4 Å². The van der Waals surface area contributed by atoms with E-state index in [-0.39, 0.29) is 17.3 Å². The summed E-state index contributed by atoms with van der Waals surface area (Å²) in [6.45, 7) is 0. The van der Waals surface area contributed by atoms with Gasteiger partial charge in [-0.15, -0.1) is 0 Å². The number of aromatic nitrogens is 2. The van der Waals surface area contributed by atoms with Crippen molar-refractivity contribution >= 4 is 35.1 Å². The summed E-state index contributed by atoms with van der Waals surface area (Å²) in [6.07, 6.45) is 3.90. The maximum Gasteiger partial charge on any atom is 0.210 e. The van der Waals surface area contributed by atoms with E-state index in [1.807, 2.05) is 66.7 Å². The molecule has 1 aliphatic heterocycles. The summed E-state index contributed by atoms with van der Waals surface area (Å²) in [4.78, 5) is 27.1. The normalized spacial score (nSPS) is 16.8. The van der Waals surface area contributed by atoms with E-state index in [1.54, 1.807) is 24.3 Å². The topological polar surface area (TPSA) is 74.8 Å². The average molecular weight is 464 g/mol. The van der Waals surface area contributed by atoms with Gasteiger partial charge in [-0.2, -0.15) is 5.10 Å². The maximum atomic E-state index is 13.7. The molecular weight excluding hydrogens is 446 g/mol. The Bertz CT molecular complexity index is 1520. The number of fused-ring (bicyclic) bond motifs is 2. The molecule has 1 aromatic heterocycles. The van der Waals surface area contributed by atoms with Crippen molar-refractivity contribution in [3.05, 3.63) is 123 Å². The van der Waals surface area contributed by atoms with E-state index in [4.69, 9.17) is 11.6 Å². The Balaban J connectivity index is 1.55. The molecule has 1 unspecified atom stereocenters. The van der Waals surface area contributed by atoms with Gasteiger partial charge in [0.15, 0.2) is 11.6 Å². The van der Waals surface area contributed by atoms with Gasteiger partial charge in [-0.25, -0.2) is 0 Å². The number of ketones is 2. The predicted octanol–water partition coefficient (Wildman–Crippen LogP) is 6.29. The Morgan fingerprint density at radius 2 is 1.50 bits per heavy atom. The van der Waals surface area contributed by atoms with Gasteiger partial charge >= 0.3 is 0 Å². The van der Waals surface area contributed by atoms with Crippen LogP contribution in [0.25, 0.3) is 17.3 Å².